The van der Waals surface area contributed by atoms with Gasteiger partial charge in [0, 0.05) is 13.1 Å². The van der Waals surface area contributed by atoms with E-state index in [1.165, 1.54) is 12.4 Å². The summed E-state index contributed by atoms with van der Waals surface area (Å²) in [5.74, 6) is -0.394. The first-order valence-electron chi connectivity index (χ1n) is 7.45. The number of anilines is 1. The van der Waals surface area contributed by atoms with Crippen LogP contribution in [0.3, 0.4) is 0 Å². The van der Waals surface area contributed by atoms with E-state index in [1.54, 1.807) is 0 Å². The monoisotopic (exact) mass is 307 g/mol. The quantitative estimate of drug-likeness (QED) is 0.828. The fourth-order valence-corrected chi connectivity index (χ4v) is 2.58. The Morgan fingerprint density at radius 1 is 1.41 bits per heavy atom. The van der Waals surface area contributed by atoms with Crippen molar-refractivity contribution in [3.63, 3.8) is 0 Å². The van der Waals surface area contributed by atoms with E-state index in [2.05, 4.69) is 9.97 Å². The summed E-state index contributed by atoms with van der Waals surface area (Å²) in [6, 6.07) is 0. The molecule has 1 aliphatic rings. The number of aromatic nitrogens is 2. The van der Waals surface area contributed by atoms with Gasteiger partial charge in [-0.15, -0.1) is 0 Å². The number of esters is 1. The molecule has 120 valence electrons. The van der Waals surface area contributed by atoms with E-state index in [1.807, 2.05) is 18.7 Å². The van der Waals surface area contributed by atoms with Gasteiger partial charge in [-0.1, -0.05) is 0 Å². The first-order valence-corrected chi connectivity index (χ1v) is 7.45. The second-order valence-electron chi connectivity index (χ2n) is 5.76. The Morgan fingerprint density at radius 2 is 2.18 bits per heavy atom. The molecule has 7 heteroatoms. The number of carboxylic acid groups (broad SMARTS) is 1. The zero-order valence-corrected chi connectivity index (χ0v) is 12.9. The number of carboxylic acids is 1. The Labute approximate surface area is 129 Å². The van der Waals surface area contributed by atoms with E-state index in [-0.39, 0.29) is 23.7 Å². The third-order valence-electron chi connectivity index (χ3n) is 3.52. The van der Waals surface area contributed by atoms with Gasteiger partial charge in [0.05, 0.1) is 24.9 Å². The number of piperidine rings is 1. The Kier molecular flexibility index (Phi) is 5.30. The van der Waals surface area contributed by atoms with Crippen molar-refractivity contribution in [2.45, 2.75) is 39.2 Å². The average molecular weight is 307 g/mol. The van der Waals surface area contributed by atoms with E-state index in [9.17, 15) is 9.59 Å². The SMILES string of the molecule is CC(C)OC(=O)CC1CCCN(c2cnc(C(=O)O)cn2)C1. The maximum absolute atomic E-state index is 11.8. The molecule has 0 saturated carbocycles. The standard InChI is InChI=1S/C15H21N3O4/c1-10(2)22-14(19)6-11-4-3-5-18(9-11)13-8-16-12(7-17-13)15(20)21/h7-8,10-11H,3-6,9H2,1-2H3,(H,20,21). The lowest BCUT2D eigenvalue weighted by atomic mass is 9.95. The molecule has 1 aromatic heterocycles. The molecule has 1 fully saturated rings. The minimum Gasteiger partial charge on any atom is -0.476 e. The highest BCUT2D eigenvalue weighted by Gasteiger charge is 2.24. The van der Waals surface area contributed by atoms with E-state index in [0.717, 1.165) is 19.4 Å². The minimum absolute atomic E-state index is 0.0715. The van der Waals surface area contributed by atoms with Crippen molar-refractivity contribution >= 4 is 17.8 Å². The fraction of sp³-hybridized carbons (Fsp3) is 0.600. The molecule has 0 radical (unpaired) electrons. The summed E-state index contributed by atoms with van der Waals surface area (Å²) in [6.45, 7) is 5.21. The van der Waals surface area contributed by atoms with Crippen LogP contribution in [0.1, 0.15) is 43.6 Å². The van der Waals surface area contributed by atoms with Crippen molar-refractivity contribution in [2.75, 3.05) is 18.0 Å². The van der Waals surface area contributed by atoms with Crippen LogP contribution in [-0.2, 0) is 9.53 Å². The van der Waals surface area contributed by atoms with Crippen molar-refractivity contribution in [2.24, 2.45) is 5.92 Å². The molecule has 0 spiro atoms. The minimum atomic E-state index is -1.09. The Morgan fingerprint density at radius 3 is 2.77 bits per heavy atom. The predicted octanol–water partition coefficient (Wildman–Crippen LogP) is 1.73. The summed E-state index contributed by atoms with van der Waals surface area (Å²) < 4.78 is 5.19. The number of ether oxygens (including phenoxy) is 1. The van der Waals surface area contributed by atoms with Crippen LogP contribution in [0.5, 0.6) is 0 Å². The maximum Gasteiger partial charge on any atom is 0.356 e. The van der Waals surface area contributed by atoms with Gasteiger partial charge in [0.15, 0.2) is 5.69 Å². The number of carbonyl (C=O) groups excluding carboxylic acids is 1. The smallest absolute Gasteiger partial charge is 0.356 e. The highest BCUT2D eigenvalue weighted by Crippen LogP contribution is 2.23. The van der Waals surface area contributed by atoms with E-state index in [4.69, 9.17) is 9.84 Å². The van der Waals surface area contributed by atoms with Crippen LogP contribution in [0.15, 0.2) is 12.4 Å². The van der Waals surface area contributed by atoms with Gasteiger partial charge >= 0.3 is 11.9 Å². The molecule has 1 unspecified atom stereocenters. The molecule has 2 rings (SSSR count). The molecule has 0 aromatic carbocycles. The van der Waals surface area contributed by atoms with Gasteiger partial charge < -0.3 is 14.7 Å². The van der Waals surface area contributed by atoms with Crippen LogP contribution in [0, 0.1) is 5.92 Å². The Hall–Kier alpha value is -2.18. The molecule has 0 amide bonds. The number of carbonyl (C=O) groups is 2. The van der Waals surface area contributed by atoms with Gasteiger partial charge in [-0.2, -0.15) is 0 Å². The lowest BCUT2D eigenvalue weighted by molar-refractivity contribution is -0.148. The number of hydrogen-bond donors (Lipinski definition) is 1. The molecule has 22 heavy (non-hydrogen) atoms. The molecule has 1 aromatic rings. The molecule has 1 saturated heterocycles. The van der Waals surface area contributed by atoms with Crippen molar-refractivity contribution in [1.82, 2.24) is 9.97 Å². The third kappa shape index (κ3) is 4.41. The van der Waals surface area contributed by atoms with Crippen molar-refractivity contribution in [1.29, 1.82) is 0 Å². The normalized spacial score (nSPS) is 18.3. The second kappa shape index (κ2) is 7.20. The van der Waals surface area contributed by atoms with Crippen LogP contribution in [0.4, 0.5) is 5.82 Å². The van der Waals surface area contributed by atoms with Crippen LogP contribution in [-0.4, -0.2) is 46.2 Å². The van der Waals surface area contributed by atoms with E-state index in [0.29, 0.717) is 18.8 Å². The number of hydrogen-bond acceptors (Lipinski definition) is 6. The summed E-state index contributed by atoms with van der Waals surface area (Å²) in [7, 11) is 0. The highest BCUT2D eigenvalue weighted by molar-refractivity contribution is 5.84. The summed E-state index contributed by atoms with van der Waals surface area (Å²) in [5, 5.41) is 8.83. The lowest BCUT2D eigenvalue weighted by Crippen LogP contribution is -2.37. The largest absolute Gasteiger partial charge is 0.476 e. The first kappa shape index (κ1) is 16.2. The molecule has 1 atom stereocenters. The Bertz CT molecular complexity index is 530. The number of rotatable bonds is 5. The third-order valence-corrected chi connectivity index (χ3v) is 3.52. The van der Waals surface area contributed by atoms with Gasteiger partial charge in [0.1, 0.15) is 5.82 Å². The molecular formula is C15H21N3O4. The molecular weight excluding hydrogens is 286 g/mol. The topological polar surface area (TPSA) is 92.6 Å². The zero-order valence-electron chi connectivity index (χ0n) is 12.9. The summed E-state index contributed by atoms with van der Waals surface area (Å²) in [5.41, 5.74) is -0.0715. The van der Waals surface area contributed by atoms with Crippen molar-refractivity contribution in [3.05, 3.63) is 18.1 Å². The van der Waals surface area contributed by atoms with E-state index < -0.39 is 5.97 Å². The van der Waals surface area contributed by atoms with Gasteiger partial charge in [-0.3, -0.25) is 4.79 Å². The van der Waals surface area contributed by atoms with Gasteiger partial charge in [-0.25, -0.2) is 14.8 Å². The zero-order chi connectivity index (χ0) is 16.1. The first-order chi connectivity index (χ1) is 10.5. The lowest BCUT2D eigenvalue weighted by Gasteiger charge is -2.33. The maximum atomic E-state index is 11.8. The summed E-state index contributed by atoms with van der Waals surface area (Å²) in [6.07, 6.45) is 4.97. The van der Waals surface area contributed by atoms with Gasteiger partial charge in [-0.05, 0) is 32.6 Å². The summed E-state index contributed by atoms with van der Waals surface area (Å²) in [4.78, 5) is 32.6. The summed E-state index contributed by atoms with van der Waals surface area (Å²) >= 11 is 0. The molecule has 0 bridgehead atoms. The van der Waals surface area contributed by atoms with Crippen LogP contribution < -0.4 is 4.90 Å². The number of aromatic carboxylic acids is 1. The van der Waals surface area contributed by atoms with Crippen molar-refractivity contribution < 1.29 is 19.4 Å². The predicted molar refractivity (Wildman–Crippen MR) is 79.8 cm³/mol. The van der Waals surface area contributed by atoms with E-state index >= 15 is 0 Å². The van der Waals surface area contributed by atoms with Crippen LogP contribution >= 0.6 is 0 Å². The fourth-order valence-electron chi connectivity index (χ4n) is 2.58. The molecule has 1 N–H and O–H groups in total. The molecule has 2 heterocycles. The molecule has 1 aliphatic heterocycles. The highest BCUT2D eigenvalue weighted by atomic mass is 16.5. The Balaban J connectivity index is 1.95. The second-order valence-corrected chi connectivity index (χ2v) is 5.76. The van der Waals surface area contributed by atoms with Crippen LogP contribution in [0.2, 0.25) is 0 Å². The van der Waals surface area contributed by atoms with Gasteiger partial charge in [0.2, 0.25) is 0 Å². The van der Waals surface area contributed by atoms with Gasteiger partial charge in [0.25, 0.3) is 0 Å². The van der Waals surface area contributed by atoms with Crippen molar-refractivity contribution in [3.8, 4) is 0 Å². The van der Waals surface area contributed by atoms with Crippen LogP contribution in [0.25, 0.3) is 0 Å². The molecule has 0 aliphatic carbocycles. The number of nitrogens with zero attached hydrogens (tertiary/aromatic N) is 3. The molecule has 7 nitrogen and oxygen atoms in total. The average Bonchev–Trinajstić information content (AvgIpc) is 2.46.